The number of benzene rings is 1. The van der Waals surface area contributed by atoms with Crippen LogP contribution in [-0.4, -0.2) is 28.6 Å². The first-order valence-corrected chi connectivity index (χ1v) is 10.3. The van der Waals surface area contributed by atoms with Gasteiger partial charge in [0.15, 0.2) is 5.69 Å². The van der Waals surface area contributed by atoms with Crippen LogP contribution in [0, 0.1) is 0 Å². The fraction of sp³-hybridized carbons (Fsp3) is 0.476. The van der Waals surface area contributed by atoms with Gasteiger partial charge < -0.3 is 15.4 Å². The third kappa shape index (κ3) is 5.93. The van der Waals surface area contributed by atoms with Gasteiger partial charge in [-0.25, -0.2) is 4.79 Å². The van der Waals surface area contributed by atoms with E-state index in [1.54, 1.807) is 0 Å². The standard InChI is InChI=1S/C21H28F2N4O4/c1-3-5-9-13-26(19(29)14-10-7-8-11-15(14)31-20(22)23)16-17(24)27(12-6-4-2)21(30)25-18(16)28/h7-8,10-11,20H,3-6,9,12-13,24H2,1-2H3,(H,25,28,30). The number of anilines is 2. The molecule has 2 rings (SSSR count). The van der Waals surface area contributed by atoms with Crippen molar-refractivity contribution in [3.05, 3.63) is 50.7 Å². The summed E-state index contributed by atoms with van der Waals surface area (Å²) in [6.45, 7) is 1.19. The summed E-state index contributed by atoms with van der Waals surface area (Å²) >= 11 is 0. The minimum atomic E-state index is -3.12. The van der Waals surface area contributed by atoms with Gasteiger partial charge in [-0.1, -0.05) is 45.2 Å². The predicted molar refractivity (Wildman–Crippen MR) is 115 cm³/mol. The molecule has 0 aliphatic carbocycles. The zero-order valence-corrected chi connectivity index (χ0v) is 17.7. The number of hydrogen-bond acceptors (Lipinski definition) is 5. The van der Waals surface area contributed by atoms with E-state index in [1.807, 2.05) is 13.8 Å². The lowest BCUT2D eigenvalue weighted by Gasteiger charge is -2.25. The summed E-state index contributed by atoms with van der Waals surface area (Å²) in [4.78, 5) is 41.6. The van der Waals surface area contributed by atoms with Crippen molar-refractivity contribution in [2.45, 2.75) is 59.1 Å². The van der Waals surface area contributed by atoms with E-state index < -0.39 is 23.8 Å². The number of aromatic amines is 1. The fourth-order valence-corrected chi connectivity index (χ4v) is 3.20. The number of aromatic nitrogens is 2. The minimum absolute atomic E-state index is 0.120. The quantitative estimate of drug-likeness (QED) is 0.523. The van der Waals surface area contributed by atoms with Crippen LogP contribution in [0.1, 0.15) is 56.3 Å². The van der Waals surface area contributed by atoms with Gasteiger partial charge >= 0.3 is 12.3 Å². The summed E-state index contributed by atoms with van der Waals surface area (Å²) in [5.74, 6) is -1.16. The zero-order chi connectivity index (χ0) is 23.0. The minimum Gasteiger partial charge on any atom is -0.434 e. The Morgan fingerprint density at radius 3 is 2.48 bits per heavy atom. The van der Waals surface area contributed by atoms with Crippen LogP contribution >= 0.6 is 0 Å². The van der Waals surface area contributed by atoms with Gasteiger partial charge in [0.1, 0.15) is 11.6 Å². The number of ether oxygens (including phenoxy) is 1. The normalized spacial score (nSPS) is 11.0. The Hall–Kier alpha value is -3.17. The number of hydrogen-bond donors (Lipinski definition) is 2. The Labute approximate surface area is 178 Å². The average Bonchev–Trinajstić information content (AvgIpc) is 2.72. The van der Waals surface area contributed by atoms with Gasteiger partial charge in [0.05, 0.1) is 5.56 Å². The van der Waals surface area contributed by atoms with Crippen LogP contribution < -0.4 is 26.6 Å². The van der Waals surface area contributed by atoms with Crippen molar-refractivity contribution in [1.82, 2.24) is 9.55 Å². The Morgan fingerprint density at radius 2 is 1.84 bits per heavy atom. The third-order valence-corrected chi connectivity index (χ3v) is 4.78. The monoisotopic (exact) mass is 438 g/mol. The largest absolute Gasteiger partial charge is 0.434 e. The van der Waals surface area contributed by atoms with Crippen LogP contribution in [0.25, 0.3) is 0 Å². The van der Waals surface area contributed by atoms with E-state index in [9.17, 15) is 23.2 Å². The zero-order valence-electron chi connectivity index (χ0n) is 17.7. The van der Waals surface area contributed by atoms with Crippen molar-refractivity contribution in [3.8, 4) is 5.75 Å². The van der Waals surface area contributed by atoms with Crippen molar-refractivity contribution in [3.63, 3.8) is 0 Å². The molecule has 0 unspecified atom stereocenters. The first kappa shape index (κ1) is 24.1. The molecular formula is C21H28F2N4O4. The van der Waals surface area contributed by atoms with Gasteiger partial charge in [-0.2, -0.15) is 8.78 Å². The first-order chi connectivity index (χ1) is 14.8. The number of rotatable bonds is 11. The maximum atomic E-state index is 13.4. The van der Waals surface area contributed by atoms with Gasteiger partial charge in [0.2, 0.25) is 0 Å². The maximum absolute atomic E-state index is 13.4. The van der Waals surface area contributed by atoms with E-state index in [-0.39, 0.29) is 35.9 Å². The molecule has 0 fully saturated rings. The predicted octanol–water partition coefficient (Wildman–Crippen LogP) is 3.36. The number of alkyl halides is 2. The molecule has 2 aromatic rings. The summed E-state index contributed by atoms with van der Waals surface area (Å²) in [5, 5.41) is 0. The molecule has 0 saturated heterocycles. The van der Waals surface area contributed by atoms with Crippen molar-refractivity contribution < 1.29 is 18.3 Å². The molecule has 1 aromatic carbocycles. The molecule has 10 heteroatoms. The second-order valence-corrected chi connectivity index (χ2v) is 7.04. The van der Waals surface area contributed by atoms with E-state index in [0.717, 1.165) is 24.2 Å². The van der Waals surface area contributed by atoms with E-state index >= 15 is 0 Å². The average molecular weight is 438 g/mol. The molecular weight excluding hydrogens is 410 g/mol. The summed E-state index contributed by atoms with van der Waals surface area (Å²) in [7, 11) is 0. The molecule has 170 valence electrons. The first-order valence-electron chi connectivity index (χ1n) is 10.3. The van der Waals surface area contributed by atoms with Gasteiger partial charge in [0.25, 0.3) is 11.5 Å². The smallest absolute Gasteiger partial charge is 0.387 e. The number of unbranched alkanes of at least 4 members (excludes halogenated alkanes) is 3. The Bertz CT molecular complexity index is 1000. The molecule has 3 N–H and O–H groups in total. The summed E-state index contributed by atoms with van der Waals surface area (Å²) in [6, 6.07) is 5.55. The lowest BCUT2D eigenvalue weighted by atomic mass is 10.1. The number of nitrogens with two attached hydrogens (primary N) is 1. The van der Waals surface area contributed by atoms with Crippen LogP contribution in [-0.2, 0) is 6.54 Å². The number of nitrogens with zero attached hydrogens (tertiary/aromatic N) is 2. The number of amides is 1. The number of nitrogen functional groups attached to an aromatic ring is 1. The highest BCUT2D eigenvalue weighted by Gasteiger charge is 2.27. The molecule has 0 saturated carbocycles. The number of nitrogens with one attached hydrogen (secondary N) is 1. The molecule has 0 bridgehead atoms. The van der Waals surface area contributed by atoms with Crippen LogP contribution in [0.4, 0.5) is 20.3 Å². The molecule has 0 aliphatic rings. The highest BCUT2D eigenvalue weighted by atomic mass is 19.3. The Morgan fingerprint density at radius 1 is 1.16 bits per heavy atom. The van der Waals surface area contributed by atoms with Gasteiger partial charge in [-0.05, 0) is 25.0 Å². The SMILES string of the molecule is CCCCCN(C(=O)c1ccccc1OC(F)F)c1c(N)n(CCCC)c(=O)[nH]c1=O. The van der Waals surface area contributed by atoms with E-state index in [1.165, 1.54) is 28.8 Å². The van der Waals surface area contributed by atoms with Crippen molar-refractivity contribution in [1.29, 1.82) is 0 Å². The summed E-state index contributed by atoms with van der Waals surface area (Å²) in [6.07, 6.45) is 3.61. The van der Waals surface area contributed by atoms with Crippen LogP contribution in [0.5, 0.6) is 5.75 Å². The lowest BCUT2D eigenvalue weighted by molar-refractivity contribution is -0.0501. The number of para-hydroxylation sites is 1. The number of H-pyrrole nitrogens is 1. The van der Waals surface area contributed by atoms with E-state index in [4.69, 9.17) is 5.73 Å². The maximum Gasteiger partial charge on any atom is 0.387 e. The molecule has 0 atom stereocenters. The Kier molecular flexibility index (Phi) is 8.77. The molecule has 0 aliphatic heterocycles. The molecule has 1 amide bonds. The van der Waals surface area contributed by atoms with Crippen molar-refractivity contribution in [2.75, 3.05) is 17.2 Å². The number of halogens is 2. The van der Waals surface area contributed by atoms with Gasteiger partial charge in [-0.15, -0.1) is 0 Å². The fourth-order valence-electron chi connectivity index (χ4n) is 3.20. The lowest BCUT2D eigenvalue weighted by Crippen LogP contribution is -2.41. The molecule has 0 radical (unpaired) electrons. The number of carbonyl (C=O) groups excluding carboxylic acids is 1. The van der Waals surface area contributed by atoms with Gasteiger partial charge in [-0.3, -0.25) is 19.1 Å². The second-order valence-electron chi connectivity index (χ2n) is 7.04. The van der Waals surface area contributed by atoms with Gasteiger partial charge in [0, 0.05) is 13.1 Å². The summed E-state index contributed by atoms with van der Waals surface area (Å²) in [5.41, 5.74) is 4.37. The highest BCUT2D eigenvalue weighted by molar-refractivity contribution is 6.08. The highest BCUT2D eigenvalue weighted by Crippen LogP contribution is 2.26. The van der Waals surface area contributed by atoms with Crippen molar-refractivity contribution >= 4 is 17.4 Å². The molecule has 1 aromatic heterocycles. The van der Waals surface area contributed by atoms with Crippen LogP contribution in [0.15, 0.2) is 33.9 Å². The molecule has 1 heterocycles. The molecule has 8 nitrogen and oxygen atoms in total. The Balaban J connectivity index is 2.59. The van der Waals surface area contributed by atoms with E-state index in [0.29, 0.717) is 12.8 Å². The van der Waals surface area contributed by atoms with Crippen LogP contribution in [0.3, 0.4) is 0 Å². The topological polar surface area (TPSA) is 110 Å². The number of carbonyl (C=O) groups is 1. The summed E-state index contributed by atoms with van der Waals surface area (Å²) < 4.78 is 31.3. The van der Waals surface area contributed by atoms with E-state index in [2.05, 4.69) is 9.72 Å². The molecule has 0 spiro atoms. The third-order valence-electron chi connectivity index (χ3n) is 4.78. The molecule has 31 heavy (non-hydrogen) atoms. The second kappa shape index (κ2) is 11.3. The van der Waals surface area contributed by atoms with Crippen molar-refractivity contribution in [2.24, 2.45) is 0 Å². The van der Waals surface area contributed by atoms with Crippen LogP contribution in [0.2, 0.25) is 0 Å².